The van der Waals surface area contributed by atoms with Gasteiger partial charge in [0, 0.05) is 13.2 Å². The molecule has 0 fully saturated rings. The Labute approximate surface area is 94.1 Å². The first-order chi connectivity index (χ1) is 7.83. The van der Waals surface area contributed by atoms with E-state index >= 15 is 0 Å². The van der Waals surface area contributed by atoms with Crippen LogP contribution in [0.3, 0.4) is 0 Å². The van der Waals surface area contributed by atoms with Crippen LogP contribution in [0.5, 0.6) is 0 Å². The first kappa shape index (κ1) is 10.4. The molecule has 1 unspecified atom stereocenters. The van der Waals surface area contributed by atoms with Crippen LogP contribution in [0.25, 0.3) is 0 Å². The van der Waals surface area contributed by atoms with Crippen molar-refractivity contribution in [1.82, 2.24) is 15.6 Å². The van der Waals surface area contributed by atoms with Crippen LogP contribution in [0.4, 0.5) is 0 Å². The third-order valence-electron chi connectivity index (χ3n) is 2.39. The molecule has 1 aromatic heterocycles. The third kappa shape index (κ3) is 1.95. The highest BCUT2D eigenvalue weighted by Crippen LogP contribution is 2.18. The molecule has 2 heterocycles. The van der Waals surface area contributed by atoms with Crippen molar-refractivity contribution in [3.63, 3.8) is 0 Å². The number of aromatic nitrogens is 1. The van der Waals surface area contributed by atoms with E-state index in [4.69, 9.17) is 0 Å². The molecule has 0 saturated carbocycles. The molecule has 16 heavy (non-hydrogen) atoms. The average Bonchev–Trinajstić information content (AvgIpc) is 2.39. The zero-order valence-electron chi connectivity index (χ0n) is 8.97. The molecule has 1 aliphatic rings. The van der Waals surface area contributed by atoms with Crippen molar-refractivity contribution in [2.75, 3.05) is 7.05 Å². The van der Waals surface area contributed by atoms with Gasteiger partial charge in [-0.2, -0.15) is 0 Å². The molecule has 0 aromatic carbocycles. The van der Waals surface area contributed by atoms with Crippen LogP contribution in [-0.2, 0) is 0 Å². The van der Waals surface area contributed by atoms with Crippen LogP contribution in [0.2, 0.25) is 0 Å². The van der Waals surface area contributed by atoms with Crippen LogP contribution in [0.1, 0.15) is 22.1 Å². The van der Waals surface area contributed by atoms with E-state index in [-0.39, 0.29) is 11.9 Å². The molecule has 2 N–H and O–H groups in total. The number of carbonyl (C=O) groups is 1. The molecular formula is C12H13N3O. The molecule has 0 spiro atoms. The minimum atomic E-state index is -0.118. The summed E-state index contributed by atoms with van der Waals surface area (Å²) in [4.78, 5) is 15.9. The Morgan fingerprint density at radius 1 is 1.50 bits per heavy atom. The largest absolute Gasteiger partial charge is 0.379 e. The molecule has 0 aliphatic carbocycles. The van der Waals surface area contributed by atoms with Gasteiger partial charge in [-0.1, -0.05) is 12.2 Å². The molecule has 4 nitrogen and oxygen atoms in total. The number of hydrogen-bond donors (Lipinski definition) is 2. The maximum absolute atomic E-state index is 11.7. The van der Waals surface area contributed by atoms with Gasteiger partial charge in [0.2, 0.25) is 0 Å². The van der Waals surface area contributed by atoms with Crippen LogP contribution < -0.4 is 10.6 Å². The van der Waals surface area contributed by atoms with E-state index in [1.165, 1.54) is 0 Å². The van der Waals surface area contributed by atoms with Gasteiger partial charge >= 0.3 is 0 Å². The lowest BCUT2D eigenvalue weighted by Crippen LogP contribution is -2.24. The molecule has 0 bridgehead atoms. The summed E-state index contributed by atoms with van der Waals surface area (Å²) in [7, 11) is 1.61. The van der Waals surface area contributed by atoms with Crippen molar-refractivity contribution in [3.8, 4) is 0 Å². The van der Waals surface area contributed by atoms with E-state index in [0.29, 0.717) is 5.56 Å². The Morgan fingerprint density at radius 3 is 3.06 bits per heavy atom. The summed E-state index contributed by atoms with van der Waals surface area (Å²) in [6, 6.07) is 3.49. The fourth-order valence-electron chi connectivity index (χ4n) is 1.61. The smallest absolute Gasteiger partial charge is 0.252 e. The number of carbonyl (C=O) groups excluding carboxylic acids is 1. The normalized spacial score (nSPS) is 17.9. The van der Waals surface area contributed by atoms with Crippen molar-refractivity contribution in [2.45, 2.75) is 6.04 Å². The Kier molecular flexibility index (Phi) is 3.00. The number of nitrogens with zero attached hydrogens (tertiary/aromatic N) is 1. The number of pyridine rings is 1. The Hall–Kier alpha value is -2.10. The van der Waals surface area contributed by atoms with Gasteiger partial charge in [0.25, 0.3) is 5.91 Å². The van der Waals surface area contributed by atoms with Gasteiger partial charge in [-0.3, -0.25) is 9.78 Å². The second kappa shape index (κ2) is 4.61. The van der Waals surface area contributed by atoms with Gasteiger partial charge in [-0.25, -0.2) is 0 Å². The number of nitrogens with one attached hydrogen (secondary N) is 2. The molecule has 1 atom stereocenters. The molecule has 1 aromatic rings. The van der Waals surface area contributed by atoms with Gasteiger partial charge < -0.3 is 10.6 Å². The summed E-state index contributed by atoms with van der Waals surface area (Å²) in [6.07, 6.45) is 9.33. The maximum atomic E-state index is 11.7. The second-order valence-corrected chi connectivity index (χ2v) is 3.40. The van der Waals surface area contributed by atoms with Gasteiger partial charge in [-0.15, -0.1) is 0 Å². The quantitative estimate of drug-likeness (QED) is 0.778. The van der Waals surface area contributed by atoms with Crippen molar-refractivity contribution in [3.05, 3.63) is 54.0 Å². The molecule has 0 saturated heterocycles. The van der Waals surface area contributed by atoms with Crippen LogP contribution >= 0.6 is 0 Å². The maximum Gasteiger partial charge on any atom is 0.252 e. The van der Waals surface area contributed by atoms with E-state index in [2.05, 4.69) is 15.6 Å². The molecule has 2 rings (SSSR count). The minimum absolute atomic E-state index is 0.0431. The van der Waals surface area contributed by atoms with E-state index in [9.17, 15) is 4.79 Å². The summed E-state index contributed by atoms with van der Waals surface area (Å²) in [6.45, 7) is 0. The number of dihydropyridines is 1. The van der Waals surface area contributed by atoms with E-state index in [1.54, 1.807) is 25.4 Å². The highest BCUT2D eigenvalue weighted by molar-refractivity contribution is 5.95. The summed E-state index contributed by atoms with van der Waals surface area (Å²) >= 11 is 0. The van der Waals surface area contributed by atoms with E-state index < -0.39 is 0 Å². The monoisotopic (exact) mass is 215 g/mol. The number of amides is 1. The van der Waals surface area contributed by atoms with Gasteiger partial charge in [0.15, 0.2) is 0 Å². The lowest BCUT2D eigenvalue weighted by molar-refractivity contribution is 0.0961. The lowest BCUT2D eigenvalue weighted by atomic mass is 10.0. The Balaban J connectivity index is 2.36. The number of allylic oxidation sites excluding steroid dienone is 2. The van der Waals surface area contributed by atoms with Crippen LogP contribution in [0, 0.1) is 0 Å². The molecule has 0 radical (unpaired) electrons. The molecule has 1 amide bonds. The summed E-state index contributed by atoms with van der Waals surface area (Å²) in [5, 5.41) is 5.76. The fraction of sp³-hybridized carbons (Fsp3) is 0.167. The average molecular weight is 215 g/mol. The van der Waals surface area contributed by atoms with E-state index in [1.807, 2.05) is 24.4 Å². The minimum Gasteiger partial charge on any atom is -0.379 e. The van der Waals surface area contributed by atoms with Gasteiger partial charge in [0.05, 0.1) is 17.3 Å². The van der Waals surface area contributed by atoms with Crippen molar-refractivity contribution in [1.29, 1.82) is 0 Å². The van der Waals surface area contributed by atoms with Crippen molar-refractivity contribution in [2.24, 2.45) is 0 Å². The third-order valence-corrected chi connectivity index (χ3v) is 2.39. The summed E-state index contributed by atoms with van der Waals surface area (Å²) < 4.78 is 0. The van der Waals surface area contributed by atoms with Gasteiger partial charge in [0.1, 0.15) is 0 Å². The van der Waals surface area contributed by atoms with Crippen molar-refractivity contribution < 1.29 is 4.79 Å². The lowest BCUT2D eigenvalue weighted by Gasteiger charge is -2.17. The second-order valence-electron chi connectivity index (χ2n) is 3.40. The first-order valence-corrected chi connectivity index (χ1v) is 5.09. The molecule has 1 aliphatic heterocycles. The Morgan fingerprint density at radius 2 is 2.38 bits per heavy atom. The zero-order chi connectivity index (χ0) is 11.4. The number of rotatable bonds is 2. The molecular weight excluding hydrogens is 202 g/mol. The van der Waals surface area contributed by atoms with E-state index in [0.717, 1.165) is 5.69 Å². The number of hydrogen-bond acceptors (Lipinski definition) is 3. The first-order valence-electron chi connectivity index (χ1n) is 5.09. The topological polar surface area (TPSA) is 54.0 Å². The summed E-state index contributed by atoms with van der Waals surface area (Å²) in [5.41, 5.74) is 1.34. The highest BCUT2D eigenvalue weighted by Gasteiger charge is 2.17. The Bertz CT molecular complexity index is 451. The standard InChI is InChI=1S/C12H13N3O/c1-13-12(16)9-5-4-8-15-11(9)10-6-2-3-7-14-10/h2-8,10,14H,1H3,(H,13,16). The SMILES string of the molecule is CNC(=O)c1cccnc1C1C=CC=CN1. The van der Waals surface area contributed by atoms with Gasteiger partial charge in [-0.05, 0) is 24.4 Å². The van der Waals surface area contributed by atoms with Crippen molar-refractivity contribution >= 4 is 5.91 Å². The summed E-state index contributed by atoms with van der Waals surface area (Å²) in [5.74, 6) is -0.118. The predicted octanol–water partition coefficient (Wildman–Crippen LogP) is 1.16. The van der Waals surface area contributed by atoms with Crippen LogP contribution in [-0.4, -0.2) is 17.9 Å². The highest BCUT2D eigenvalue weighted by atomic mass is 16.1. The fourth-order valence-corrected chi connectivity index (χ4v) is 1.61. The predicted molar refractivity (Wildman–Crippen MR) is 61.8 cm³/mol. The molecule has 4 heteroatoms. The zero-order valence-corrected chi connectivity index (χ0v) is 8.97. The van der Waals surface area contributed by atoms with Crippen LogP contribution in [0.15, 0.2) is 42.8 Å². The molecule has 82 valence electrons.